The summed E-state index contributed by atoms with van der Waals surface area (Å²) in [7, 11) is 4.23. The van der Waals surface area contributed by atoms with Crippen LogP contribution in [0.1, 0.15) is 4.88 Å². The Kier molecular flexibility index (Phi) is 3.53. The monoisotopic (exact) mass is 253 g/mol. The fourth-order valence-corrected chi connectivity index (χ4v) is 3.70. The van der Waals surface area contributed by atoms with Crippen LogP contribution in [0, 0.1) is 5.92 Å². The van der Waals surface area contributed by atoms with Crippen LogP contribution in [0.5, 0.6) is 0 Å². The van der Waals surface area contributed by atoms with Gasteiger partial charge in [-0.05, 0) is 25.5 Å². The zero-order valence-electron chi connectivity index (χ0n) is 9.56. The van der Waals surface area contributed by atoms with E-state index in [2.05, 4.69) is 60.8 Å². The second-order valence-electron chi connectivity index (χ2n) is 4.20. The minimum atomic E-state index is -0.0787. The van der Waals surface area contributed by atoms with Gasteiger partial charge in [0.2, 0.25) is 0 Å². The summed E-state index contributed by atoms with van der Waals surface area (Å²) < 4.78 is 0. The largest absolute Gasteiger partial charge is 0.295 e. The van der Waals surface area contributed by atoms with Gasteiger partial charge < -0.3 is 0 Å². The van der Waals surface area contributed by atoms with Gasteiger partial charge in [0.15, 0.2) is 0 Å². The molecule has 1 nitrogen and oxygen atoms in total. The number of rotatable bonds is 3. The van der Waals surface area contributed by atoms with Crippen molar-refractivity contribution >= 4 is 22.9 Å². The molecule has 0 amide bonds. The van der Waals surface area contributed by atoms with Crippen LogP contribution in [0.15, 0.2) is 41.8 Å². The predicted octanol–water partition coefficient (Wildman–Crippen LogP) is 3.49. The molecule has 1 aliphatic carbocycles. The lowest BCUT2D eigenvalue weighted by molar-refractivity contribution is 0.166. The molecule has 16 heavy (non-hydrogen) atoms. The van der Waals surface area contributed by atoms with E-state index < -0.39 is 0 Å². The smallest absolute Gasteiger partial charge is 0.0812 e. The van der Waals surface area contributed by atoms with Gasteiger partial charge in [-0.1, -0.05) is 30.4 Å². The van der Waals surface area contributed by atoms with Gasteiger partial charge in [-0.15, -0.1) is 22.9 Å². The third kappa shape index (κ3) is 1.75. The van der Waals surface area contributed by atoms with Crippen molar-refractivity contribution in [2.75, 3.05) is 20.0 Å². The first kappa shape index (κ1) is 11.9. The Morgan fingerprint density at radius 3 is 2.81 bits per heavy atom. The van der Waals surface area contributed by atoms with Crippen LogP contribution in [-0.2, 0) is 5.54 Å². The third-order valence-corrected chi connectivity index (χ3v) is 4.53. The van der Waals surface area contributed by atoms with Crippen molar-refractivity contribution in [2.45, 2.75) is 5.54 Å². The summed E-state index contributed by atoms with van der Waals surface area (Å²) in [5, 5.41) is 2.12. The van der Waals surface area contributed by atoms with Crippen LogP contribution >= 0.6 is 22.9 Å². The molecular weight excluding hydrogens is 238 g/mol. The summed E-state index contributed by atoms with van der Waals surface area (Å²) in [6, 6.07) is 4.29. The zero-order valence-corrected chi connectivity index (χ0v) is 11.1. The molecular formula is C13H16ClNS. The van der Waals surface area contributed by atoms with Crippen molar-refractivity contribution in [3.05, 3.63) is 46.7 Å². The highest BCUT2D eigenvalue weighted by Gasteiger charge is 2.40. The van der Waals surface area contributed by atoms with Crippen LogP contribution in [0.3, 0.4) is 0 Å². The van der Waals surface area contributed by atoms with Gasteiger partial charge in [-0.3, -0.25) is 4.90 Å². The Morgan fingerprint density at radius 2 is 2.25 bits per heavy atom. The Hall–Kier alpha value is -0.570. The van der Waals surface area contributed by atoms with Gasteiger partial charge in [-0.25, -0.2) is 0 Å². The minimum absolute atomic E-state index is 0.0787. The Balaban J connectivity index is 2.50. The lowest BCUT2D eigenvalue weighted by Gasteiger charge is -2.42. The zero-order chi connectivity index (χ0) is 11.6. The van der Waals surface area contributed by atoms with E-state index in [1.807, 2.05) is 0 Å². The van der Waals surface area contributed by atoms with Crippen LogP contribution in [0.25, 0.3) is 0 Å². The summed E-state index contributed by atoms with van der Waals surface area (Å²) in [5.41, 5.74) is -0.0787. The van der Waals surface area contributed by atoms with Gasteiger partial charge in [0.05, 0.1) is 5.54 Å². The minimum Gasteiger partial charge on any atom is -0.295 e. The average Bonchev–Trinajstić information content (AvgIpc) is 2.82. The molecule has 0 N–H and O–H groups in total. The molecule has 3 heteroatoms. The molecule has 1 aromatic rings. The molecule has 0 radical (unpaired) electrons. The van der Waals surface area contributed by atoms with Gasteiger partial charge in [-0.2, -0.15) is 0 Å². The van der Waals surface area contributed by atoms with Gasteiger partial charge in [0.1, 0.15) is 0 Å². The number of halogens is 1. The van der Waals surface area contributed by atoms with E-state index in [0.29, 0.717) is 11.8 Å². The second-order valence-corrected chi connectivity index (χ2v) is 5.46. The quantitative estimate of drug-likeness (QED) is 0.746. The van der Waals surface area contributed by atoms with E-state index in [1.165, 1.54) is 4.88 Å². The molecule has 2 rings (SSSR count). The standard InChI is InChI=1S/C13H16ClNS/c1-15(2)13(12-7-5-9-16-12)8-4-3-6-11(13)10-14/h3-9,11H,10H2,1-2H3. The molecule has 0 saturated heterocycles. The summed E-state index contributed by atoms with van der Waals surface area (Å²) in [5.74, 6) is 0.963. The predicted molar refractivity (Wildman–Crippen MR) is 72.2 cm³/mol. The van der Waals surface area contributed by atoms with Gasteiger partial charge in [0.25, 0.3) is 0 Å². The molecule has 0 bridgehead atoms. The molecule has 0 aliphatic heterocycles. The first-order valence-corrected chi connectivity index (χ1v) is 6.76. The van der Waals surface area contributed by atoms with Crippen LogP contribution in [0.2, 0.25) is 0 Å². The molecule has 0 saturated carbocycles. The molecule has 0 spiro atoms. The van der Waals surface area contributed by atoms with Crippen molar-refractivity contribution < 1.29 is 0 Å². The van der Waals surface area contributed by atoms with Crippen molar-refractivity contribution in [2.24, 2.45) is 5.92 Å². The first-order valence-electron chi connectivity index (χ1n) is 5.35. The highest BCUT2D eigenvalue weighted by Crippen LogP contribution is 2.41. The van der Waals surface area contributed by atoms with Crippen molar-refractivity contribution in [1.29, 1.82) is 0 Å². The van der Waals surface area contributed by atoms with Crippen molar-refractivity contribution in [1.82, 2.24) is 4.90 Å². The number of hydrogen-bond acceptors (Lipinski definition) is 2. The molecule has 0 aromatic carbocycles. The number of likely N-dealkylation sites (N-methyl/N-ethyl adjacent to an activating group) is 1. The molecule has 1 aliphatic rings. The molecule has 86 valence electrons. The van der Waals surface area contributed by atoms with E-state index in [4.69, 9.17) is 11.6 Å². The highest BCUT2D eigenvalue weighted by atomic mass is 35.5. The van der Waals surface area contributed by atoms with Crippen molar-refractivity contribution in [3.8, 4) is 0 Å². The number of nitrogens with zero attached hydrogens (tertiary/aromatic N) is 1. The van der Waals surface area contributed by atoms with Gasteiger partial charge >= 0.3 is 0 Å². The number of alkyl halides is 1. The van der Waals surface area contributed by atoms with E-state index >= 15 is 0 Å². The SMILES string of the molecule is CN(C)C1(c2cccs2)C=CC=CC1CCl. The Labute approximate surface area is 106 Å². The topological polar surface area (TPSA) is 3.24 Å². The van der Waals surface area contributed by atoms with E-state index in [9.17, 15) is 0 Å². The van der Waals surface area contributed by atoms with E-state index in [0.717, 1.165) is 0 Å². The highest BCUT2D eigenvalue weighted by molar-refractivity contribution is 7.10. The number of thiophene rings is 1. The molecule has 2 unspecified atom stereocenters. The molecule has 2 atom stereocenters. The Morgan fingerprint density at radius 1 is 1.44 bits per heavy atom. The summed E-state index contributed by atoms with van der Waals surface area (Å²) in [6.45, 7) is 0. The fourth-order valence-electron chi connectivity index (χ4n) is 2.31. The molecule has 0 fully saturated rings. The summed E-state index contributed by atoms with van der Waals surface area (Å²) in [6.07, 6.45) is 8.66. The lowest BCUT2D eigenvalue weighted by Crippen LogP contribution is -2.46. The maximum atomic E-state index is 6.12. The maximum Gasteiger partial charge on any atom is 0.0812 e. The van der Waals surface area contributed by atoms with E-state index in [-0.39, 0.29) is 5.54 Å². The molecule has 1 heterocycles. The lowest BCUT2D eigenvalue weighted by atomic mass is 9.79. The van der Waals surface area contributed by atoms with Crippen LogP contribution in [0.4, 0.5) is 0 Å². The first-order chi connectivity index (χ1) is 7.71. The average molecular weight is 254 g/mol. The number of hydrogen-bond donors (Lipinski definition) is 0. The van der Waals surface area contributed by atoms with E-state index in [1.54, 1.807) is 11.3 Å². The summed E-state index contributed by atoms with van der Waals surface area (Å²) in [4.78, 5) is 3.61. The fraction of sp³-hybridized carbons (Fsp3) is 0.385. The Bertz CT molecular complexity index is 394. The van der Waals surface area contributed by atoms with Crippen LogP contribution in [-0.4, -0.2) is 24.9 Å². The van der Waals surface area contributed by atoms with Gasteiger partial charge in [0, 0.05) is 16.7 Å². The third-order valence-electron chi connectivity index (χ3n) is 3.19. The summed E-state index contributed by atoms with van der Waals surface area (Å²) >= 11 is 7.91. The maximum absolute atomic E-state index is 6.12. The normalized spacial score (nSPS) is 28.9. The van der Waals surface area contributed by atoms with Crippen molar-refractivity contribution in [3.63, 3.8) is 0 Å². The number of allylic oxidation sites excluding steroid dienone is 2. The van der Waals surface area contributed by atoms with Crippen LogP contribution < -0.4 is 0 Å². The molecule has 1 aromatic heterocycles. The second kappa shape index (κ2) is 4.74.